The van der Waals surface area contributed by atoms with Crippen LogP contribution in [0, 0.1) is 5.82 Å². The first-order valence-electron chi connectivity index (χ1n) is 8.62. The molecule has 1 atom stereocenters. The number of nitrogens with zero attached hydrogens (tertiary/aromatic N) is 3. The molecule has 0 radical (unpaired) electrons. The Labute approximate surface area is 190 Å². The van der Waals surface area contributed by atoms with Gasteiger partial charge in [0.2, 0.25) is 5.91 Å². The summed E-state index contributed by atoms with van der Waals surface area (Å²) in [5, 5.41) is 18.8. The minimum absolute atomic E-state index is 0.00662. The molecule has 0 spiro atoms. The fourth-order valence-corrected chi connectivity index (χ4v) is 5.65. The van der Waals surface area contributed by atoms with Crippen molar-refractivity contribution in [1.82, 2.24) is 4.90 Å². The third-order valence-electron chi connectivity index (χ3n) is 4.48. The number of phenols is 1. The second-order valence-corrected chi connectivity index (χ2v) is 9.15. The van der Waals surface area contributed by atoms with E-state index in [1.54, 1.807) is 23.1 Å². The molecule has 0 aliphatic carbocycles. The van der Waals surface area contributed by atoms with Gasteiger partial charge in [0.15, 0.2) is 16.7 Å². The quantitative estimate of drug-likeness (QED) is 0.623. The van der Waals surface area contributed by atoms with Gasteiger partial charge in [-0.25, -0.2) is 4.39 Å². The molecule has 2 aromatic rings. The van der Waals surface area contributed by atoms with Crippen LogP contribution >= 0.6 is 46.7 Å². The highest BCUT2D eigenvalue weighted by atomic mass is 35.5. The topological polar surface area (TPSA) is 74.5 Å². The number of rotatable bonds is 3. The van der Waals surface area contributed by atoms with Crippen LogP contribution in [-0.4, -0.2) is 45.4 Å². The highest BCUT2D eigenvalue weighted by molar-refractivity contribution is 8.14. The minimum Gasteiger partial charge on any atom is -0.504 e. The second kappa shape index (κ2) is 8.66. The van der Waals surface area contributed by atoms with Gasteiger partial charge in [-0.1, -0.05) is 41.0 Å². The standard InChI is InChI=1S/C19H14Cl2FN3O3S2/c1-28-16-3-2-9(4-15(16)26)18-25(17(27)8-29-18)19-24-23-14(7-30-19)10-5-13(22)12(21)6-11(10)20/h2-6,18,26H,7-8H2,1H3. The number of aromatic hydroxyl groups is 1. The smallest absolute Gasteiger partial charge is 0.239 e. The highest BCUT2D eigenvalue weighted by Crippen LogP contribution is 2.43. The molecule has 2 heterocycles. The molecule has 1 fully saturated rings. The Hall–Kier alpha value is -1.94. The van der Waals surface area contributed by atoms with Gasteiger partial charge in [-0.3, -0.25) is 9.69 Å². The van der Waals surface area contributed by atoms with Gasteiger partial charge < -0.3 is 9.84 Å². The maximum atomic E-state index is 13.8. The van der Waals surface area contributed by atoms with Crippen LogP contribution in [0.1, 0.15) is 16.5 Å². The molecule has 30 heavy (non-hydrogen) atoms. The van der Waals surface area contributed by atoms with E-state index in [9.17, 15) is 14.3 Å². The van der Waals surface area contributed by atoms with Crippen molar-refractivity contribution < 1.29 is 19.0 Å². The number of amidine groups is 1. The van der Waals surface area contributed by atoms with Gasteiger partial charge in [0.05, 0.1) is 28.6 Å². The normalized spacial score (nSPS) is 19.0. The van der Waals surface area contributed by atoms with Gasteiger partial charge >= 0.3 is 0 Å². The van der Waals surface area contributed by atoms with Crippen molar-refractivity contribution in [2.75, 3.05) is 18.6 Å². The number of benzene rings is 2. The predicted octanol–water partition coefficient (Wildman–Crippen LogP) is 4.93. The third kappa shape index (κ3) is 3.99. The molecule has 2 aliphatic heterocycles. The summed E-state index contributed by atoms with van der Waals surface area (Å²) >= 11 is 14.7. The van der Waals surface area contributed by atoms with Crippen molar-refractivity contribution in [3.63, 3.8) is 0 Å². The Balaban J connectivity index is 1.64. The summed E-state index contributed by atoms with van der Waals surface area (Å²) in [6.07, 6.45) is 0. The number of phenolic OH excluding ortho intramolecular Hbond substituents is 1. The Bertz CT molecular complexity index is 1100. The molecule has 4 rings (SSSR count). The Morgan fingerprint density at radius 3 is 2.67 bits per heavy atom. The molecule has 0 bridgehead atoms. The summed E-state index contributed by atoms with van der Waals surface area (Å²) in [6, 6.07) is 7.56. The van der Waals surface area contributed by atoms with Gasteiger partial charge in [0.1, 0.15) is 11.2 Å². The molecule has 6 nitrogen and oxygen atoms in total. The average molecular weight is 486 g/mol. The fourth-order valence-electron chi connectivity index (χ4n) is 3.02. The van der Waals surface area contributed by atoms with E-state index in [0.717, 1.165) is 5.56 Å². The van der Waals surface area contributed by atoms with Crippen molar-refractivity contribution in [3.8, 4) is 11.5 Å². The monoisotopic (exact) mass is 485 g/mol. The van der Waals surface area contributed by atoms with Gasteiger partial charge in [-0.05, 0) is 29.8 Å². The maximum Gasteiger partial charge on any atom is 0.239 e. The van der Waals surface area contributed by atoms with Gasteiger partial charge in [-0.2, -0.15) is 5.10 Å². The zero-order valence-corrected chi connectivity index (χ0v) is 18.6. The van der Waals surface area contributed by atoms with E-state index >= 15 is 0 Å². The third-order valence-corrected chi connectivity index (χ3v) is 7.25. The van der Waals surface area contributed by atoms with Crippen molar-refractivity contribution in [2.45, 2.75) is 5.37 Å². The van der Waals surface area contributed by atoms with Crippen molar-refractivity contribution >= 4 is 63.5 Å². The molecule has 1 unspecified atom stereocenters. The zero-order valence-electron chi connectivity index (χ0n) is 15.4. The molecule has 0 aromatic heterocycles. The van der Waals surface area contributed by atoms with E-state index in [1.807, 2.05) is 0 Å². The number of halogens is 3. The summed E-state index contributed by atoms with van der Waals surface area (Å²) in [4.78, 5) is 14.1. The Kier molecular flexibility index (Phi) is 6.15. The molecule has 1 amide bonds. The van der Waals surface area contributed by atoms with E-state index < -0.39 is 5.82 Å². The molecule has 1 N–H and O–H groups in total. The van der Waals surface area contributed by atoms with Crippen molar-refractivity contribution in [3.05, 3.63) is 57.3 Å². The van der Waals surface area contributed by atoms with Crippen LogP contribution in [0.3, 0.4) is 0 Å². The summed E-state index contributed by atoms with van der Waals surface area (Å²) in [5.41, 5.74) is 1.64. The van der Waals surface area contributed by atoms with Crippen LogP contribution in [0.5, 0.6) is 11.5 Å². The summed E-state index contributed by atoms with van der Waals surface area (Å²) in [6.45, 7) is 0. The summed E-state index contributed by atoms with van der Waals surface area (Å²) in [5.74, 6) is 0.277. The highest BCUT2D eigenvalue weighted by Gasteiger charge is 2.38. The largest absolute Gasteiger partial charge is 0.504 e. The Morgan fingerprint density at radius 2 is 2.00 bits per heavy atom. The number of carbonyl (C=O) groups is 1. The lowest BCUT2D eigenvalue weighted by Crippen LogP contribution is -2.34. The Morgan fingerprint density at radius 1 is 1.20 bits per heavy atom. The first-order chi connectivity index (χ1) is 14.4. The second-order valence-electron chi connectivity index (χ2n) is 6.32. The number of carbonyl (C=O) groups excluding carboxylic acids is 1. The number of amides is 1. The number of hydrogen-bond acceptors (Lipinski definition) is 7. The lowest BCUT2D eigenvalue weighted by molar-refractivity contribution is -0.124. The van der Waals surface area contributed by atoms with Crippen molar-refractivity contribution in [2.24, 2.45) is 10.2 Å². The molecule has 11 heteroatoms. The molecule has 156 valence electrons. The first kappa shape index (κ1) is 21.3. The van der Waals surface area contributed by atoms with Crippen LogP contribution in [0.25, 0.3) is 0 Å². The van der Waals surface area contributed by atoms with Crippen LogP contribution in [0.15, 0.2) is 40.5 Å². The molecule has 1 saturated heterocycles. The fraction of sp³-hybridized carbons (Fsp3) is 0.211. The van der Waals surface area contributed by atoms with Crippen LogP contribution < -0.4 is 4.74 Å². The van der Waals surface area contributed by atoms with E-state index in [0.29, 0.717) is 27.9 Å². The molecule has 0 saturated carbocycles. The van der Waals surface area contributed by atoms with E-state index in [1.165, 1.54) is 42.8 Å². The number of methoxy groups -OCH3 is 1. The molecular formula is C19H14Cl2FN3O3S2. The lowest BCUT2D eigenvalue weighted by Gasteiger charge is -2.26. The van der Waals surface area contributed by atoms with E-state index in [2.05, 4.69) is 10.2 Å². The van der Waals surface area contributed by atoms with Gasteiger partial charge in [0.25, 0.3) is 0 Å². The van der Waals surface area contributed by atoms with Crippen LogP contribution in [-0.2, 0) is 4.79 Å². The van der Waals surface area contributed by atoms with E-state index in [4.69, 9.17) is 27.9 Å². The van der Waals surface area contributed by atoms with Gasteiger partial charge in [-0.15, -0.1) is 16.9 Å². The van der Waals surface area contributed by atoms with Crippen LogP contribution in [0.2, 0.25) is 10.0 Å². The minimum atomic E-state index is -0.593. The maximum absolute atomic E-state index is 13.8. The predicted molar refractivity (Wildman–Crippen MR) is 120 cm³/mol. The molecule has 2 aromatic carbocycles. The number of ether oxygens (including phenoxy) is 1. The summed E-state index contributed by atoms with van der Waals surface area (Å²) < 4.78 is 18.9. The van der Waals surface area contributed by atoms with Crippen LogP contribution in [0.4, 0.5) is 4.39 Å². The molecular weight excluding hydrogens is 472 g/mol. The summed E-state index contributed by atoms with van der Waals surface area (Å²) in [7, 11) is 1.47. The van der Waals surface area contributed by atoms with E-state index in [-0.39, 0.29) is 32.8 Å². The number of thioether (sulfide) groups is 2. The molecule has 2 aliphatic rings. The zero-order chi connectivity index (χ0) is 21.4. The number of hydrogen-bond donors (Lipinski definition) is 1. The first-order valence-corrected chi connectivity index (χ1v) is 11.4. The van der Waals surface area contributed by atoms with Gasteiger partial charge in [0, 0.05) is 11.3 Å². The van der Waals surface area contributed by atoms with Crippen molar-refractivity contribution in [1.29, 1.82) is 0 Å². The lowest BCUT2D eigenvalue weighted by atomic mass is 10.1. The SMILES string of the molecule is COc1ccc(C2SCC(=O)N2C2=NN=C(c3cc(F)c(Cl)cc3Cl)CS2)cc1O. The average Bonchev–Trinajstić information content (AvgIpc) is 3.12.